The Labute approximate surface area is 132 Å². The molecule has 3 aromatic rings. The molecule has 0 unspecified atom stereocenters. The SMILES string of the molecule is O=C(O)c1cc(-c2ccc(C(F)(F)F)cn2)cc(-n2cnnn2)c1. The molecule has 7 nitrogen and oxygen atoms in total. The fourth-order valence-corrected chi connectivity index (χ4v) is 2.03. The van der Waals surface area contributed by atoms with Gasteiger partial charge >= 0.3 is 12.1 Å². The molecule has 1 aromatic carbocycles. The van der Waals surface area contributed by atoms with Crippen LogP contribution in [0.4, 0.5) is 13.2 Å². The number of pyridine rings is 1. The summed E-state index contributed by atoms with van der Waals surface area (Å²) in [6.45, 7) is 0. The van der Waals surface area contributed by atoms with Crippen molar-refractivity contribution in [2.45, 2.75) is 6.18 Å². The van der Waals surface area contributed by atoms with Gasteiger partial charge in [-0.25, -0.2) is 9.48 Å². The summed E-state index contributed by atoms with van der Waals surface area (Å²) >= 11 is 0. The molecular formula is C14H8F3N5O2. The third kappa shape index (κ3) is 3.07. The monoisotopic (exact) mass is 335 g/mol. The second-order valence-electron chi connectivity index (χ2n) is 4.76. The summed E-state index contributed by atoms with van der Waals surface area (Å²) < 4.78 is 39.0. The molecule has 0 aliphatic heterocycles. The van der Waals surface area contributed by atoms with Crippen LogP contribution < -0.4 is 0 Å². The molecule has 0 saturated carbocycles. The number of tetrazole rings is 1. The molecule has 0 fully saturated rings. The highest BCUT2D eigenvalue weighted by molar-refractivity contribution is 5.90. The molecule has 0 atom stereocenters. The fourth-order valence-electron chi connectivity index (χ4n) is 2.03. The van der Waals surface area contributed by atoms with Crippen molar-refractivity contribution in [3.05, 3.63) is 54.0 Å². The maximum Gasteiger partial charge on any atom is 0.417 e. The first-order chi connectivity index (χ1) is 11.3. The molecule has 0 spiro atoms. The van der Waals surface area contributed by atoms with Crippen LogP contribution in [0.3, 0.4) is 0 Å². The molecule has 10 heteroatoms. The van der Waals surface area contributed by atoms with E-state index in [-0.39, 0.29) is 11.3 Å². The number of alkyl halides is 3. The minimum absolute atomic E-state index is 0.0697. The van der Waals surface area contributed by atoms with Crippen LogP contribution in [-0.2, 0) is 6.18 Å². The highest BCUT2D eigenvalue weighted by atomic mass is 19.4. The number of aromatic carboxylic acids is 1. The lowest BCUT2D eigenvalue weighted by molar-refractivity contribution is -0.137. The predicted octanol–water partition coefficient (Wildman–Crippen LogP) is 2.44. The largest absolute Gasteiger partial charge is 0.478 e. The van der Waals surface area contributed by atoms with Gasteiger partial charge in [-0.1, -0.05) is 0 Å². The third-order valence-electron chi connectivity index (χ3n) is 3.16. The van der Waals surface area contributed by atoms with Gasteiger partial charge < -0.3 is 5.11 Å². The van der Waals surface area contributed by atoms with Crippen molar-refractivity contribution in [3.63, 3.8) is 0 Å². The molecule has 0 aliphatic carbocycles. The minimum atomic E-state index is -4.49. The molecule has 24 heavy (non-hydrogen) atoms. The quantitative estimate of drug-likeness (QED) is 0.790. The van der Waals surface area contributed by atoms with Crippen LogP contribution in [0.5, 0.6) is 0 Å². The van der Waals surface area contributed by atoms with E-state index in [0.717, 1.165) is 6.07 Å². The van der Waals surface area contributed by atoms with Crippen molar-refractivity contribution in [3.8, 4) is 16.9 Å². The van der Waals surface area contributed by atoms with E-state index in [1.807, 2.05) is 0 Å². The Hall–Kier alpha value is -3.30. The Kier molecular flexibility index (Phi) is 3.72. The van der Waals surface area contributed by atoms with Gasteiger partial charge in [-0.05, 0) is 40.8 Å². The van der Waals surface area contributed by atoms with E-state index >= 15 is 0 Å². The fraction of sp³-hybridized carbons (Fsp3) is 0.0714. The van der Waals surface area contributed by atoms with Crippen LogP contribution in [0, 0.1) is 0 Å². The Morgan fingerprint density at radius 1 is 1.17 bits per heavy atom. The Balaban J connectivity index is 2.08. The van der Waals surface area contributed by atoms with Gasteiger partial charge in [0.15, 0.2) is 0 Å². The van der Waals surface area contributed by atoms with E-state index in [9.17, 15) is 23.1 Å². The summed E-state index contributed by atoms with van der Waals surface area (Å²) in [5, 5.41) is 19.8. The maximum absolute atomic E-state index is 12.6. The van der Waals surface area contributed by atoms with Gasteiger partial charge in [-0.15, -0.1) is 5.10 Å². The van der Waals surface area contributed by atoms with E-state index in [1.165, 1.54) is 35.3 Å². The lowest BCUT2D eigenvalue weighted by Crippen LogP contribution is -2.05. The molecule has 1 N–H and O–H groups in total. The third-order valence-corrected chi connectivity index (χ3v) is 3.16. The molecule has 0 aliphatic rings. The number of hydrogen-bond donors (Lipinski definition) is 1. The average molecular weight is 335 g/mol. The first-order valence-corrected chi connectivity index (χ1v) is 6.50. The number of rotatable bonds is 3. The Morgan fingerprint density at radius 2 is 1.96 bits per heavy atom. The molecule has 122 valence electrons. The normalized spacial score (nSPS) is 11.5. The van der Waals surface area contributed by atoms with Crippen LogP contribution in [0.25, 0.3) is 16.9 Å². The van der Waals surface area contributed by atoms with Crippen LogP contribution in [-0.4, -0.2) is 36.3 Å². The highest BCUT2D eigenvalue weighted by Gasteiger charge is 2.30. The summed E-state index contributed by atoms with van der Waals surface area (Å²) in [6.07, 6.45) is -2.53. The van der Waals surface area contributed by atoms with Gasteiger partial charge in [0.05, 0.1) is 22.5 Å². The van der Waals surface area contributed by atoms with E-state index < -0.39 is 17.7 Å². The number of halogens is 3. The number of benzene rings is 1. The van der Waals surface area contributed by atoms with Crippen LogP contribution >= 0.6 is 0 Å². The smallest absolute Gasteiger partial charge is 0.417 e. The molecule has 0 bridgehead atoms. The summed E-state index contributed by atoms with van der Waals surface area (Å²) in [4.78, 5) is 15.0. The van der Waals surface area contributed by atoms with E-state index in [0.29, 0.717) is 17.4 Å². The molecule has 0 radical (unpaired) electrons. The van der Waals surface area contributed by atoms with Crippen molar-refractivity contribution < 1.29 is 23.1 Å². The topological polar surface area (TPSA) is 93.8 Å². The molecular weight excluding hydrogens is 327 g/mol. The van der Waals surface area contributed by atoms with Gasteiger partial charge in [0, 0.05) is 11.8 Å². The molecule has 0 saturated heterocycles. The Morgan fingerprint density at radius 3 is 2.50 bits per heavy atom. The number of aromatic nitrogens is 5. The first-order valence-electron chi connectivity index (χ1n) is 6.50. The van der Waals surface area contributed by atoms with Gasteiger partial charge in [-0.3, -0.25) is 4.98 Å². The van der Waals surface area contributed by atoms with Crippen LogP contribution in [0.2, 0.25) is 0 Å². The standard InChI is InChI=1S/C14H8F3N5O2/c15-14(16,17)10-1-2-12(18-6-10)8-3-9(13(23)24)5-11(4-8)22-7-19-20-21-22/h1-7H,(H,23,24). The number of carbonyl (C=O) groups is 1. The zero-order chi connectivity index (χ0) is 17.3. The van der Waals surface area contributed by atoms with Gasteiger partial charge in [0.25, 0.3) is 0 Å². The van der Waals surface area contributed by atoms with Crippen molar-refractivity contribution in [2.24, 2.45) is 0 Å². The lowest BCUT2D eigenvalue weighted by atomic mass is 10.1. The van der Waals surface area contributed by atoms with Crippen molar-refractivity contribution in [1.29, 1.82) is 0 Å². The van der Waals surface area contributed by atoms with E-state index in [4.69, 9.17) is 0 Å². The number of carboxylic acid groups (broad SMARTS) is 1. The van der Waals surface area contributed by atoms with Crippen molar-refractivity contribution >= 4 is 5.97 Å². The zero-order valence-electron chi connectivity index (χ0n) is 11.8. The van der Waals surface area contributed by atoms with Crippen LogP contribution in [0.15, 0.2) is 42.9 Å². The lowest BCUT2D eigenvalue weighted by Gasteiger charge is -2.09. The average Bonchev–Trinajstić information content (AvgIpc) is 3.08. The second-order valence-corrected chi connectivity index (χ2v) is 4.76. The molecule has 3 rings (SSSR count). The van der Waals surface area contributed by atoms with Crippen LogP contribution in [0.1, 0.15) is 15.9 Å². The Bertz CT molecular complexity index is 876. The van der Waals surface area contributed by atoms with E-state index in [2.05, 4.69) is 20.5 Å². The van der Waals surface area contributed by atoms with Gasteiger partial charge in [0.1, 0.15) is 6.33 Å². The summed E-state index contributed by atoms with van der Waals surface area (Å²) in [5.41, 5.74) is -0.0906. The minimum Gasteiger partial charge on any atom is -0.478 e. The highest BCUT2D eigenvalue weighted by Crippen LogP contribution is 2.30. The summed E-state index contributed by atoms with van der Waals surface area (Å²) in [5.74, 6) is -1.20. The van der Waals surface area contributed by atoms with Gasteiger partial charge in [0.2, 0.25) is 0 Å². The summed E-state index contributed by atoms with van der Waals surface area (Å²) in [7, 11) is 0. The van der Waals surface area contributed by atoms with Crippen molar-refractivity contribution in [1.82, 2.24) is 25.2 Å². The molecule has 2 heterocycles. The predicted molar refractivity (Wildman–Crippen MR) is 74.3 cm³/mol. The molecule has 0 amide bonds. The molecule has 2 aromatic heterocycles. The summed E-state index contributed by atoms with van der Waals surface area (Å²) in [6, 6.07) is 6.23. The second kappa shape index (κ2) is 5.72. The maximum atomic E-state index is 12.6. The number of carboxylic acids is 1. The number of nitrogens with zero attached hydrogens (tertiary/aromatic N) is 5. The van der Waals surface area contributed by atoms with E-state index in [1.54, 1.807) is 0 Å². The zero-order valence-corrected chi connectivity index (χ0v) is 11.8. The van der Waals surface area contributed by atoms with Gasteiger partial charge in [-0.2, -0.15) is 13.2 Å². The number of hydrogen-bond acceptors (Lipinski definition) is 5. The van der Waals surface area contributed by atoms with Crippen molar-refractivity contribution in [2.75, 3.05) is 0 Å². The first kappa shape index (κ1) is 15.6.